The number of hydrogen-bond donors (Lipinski definition) is 2. The Balaban J connectivity index is 1.38. The number of aromatic nitrogens is 4. The number of aromatic amines is 1. The van der Waals surface area contributed by atoms with Crippen LogP contribution in [0.15, 0.2) is 36.5 Å². The summed E-state index contributed by atoms with van der Waals surface area (Å²) in [6.45, 7) is 5.35. The fourth-order valence-corrected chi connectivity index (χ4v) is 4.30. The first-order valence-electron chi connectivity index (χ1n) is 11.5. The molecule has 4 heterocycles. The zero-order valence-corrected chi connectivity index (χ0v) is 19.7. The van der Waals surface area contributed by atoms with E-state index in [0.29, 0.717) is 41.6 Å². The fraction of sp³-hybridized carbons (Fsp3) is 0.417. The molecule has 5 rings (SSSR count). The van der Waals surface area contributed by atoms with Crippen molar-refractivity contribution in [2.75, 3.05) is 52.2 Å². The van der Waals surface area contributed by atoms with Crippen LogP contribution in [0.2, 0.25) is 0 Å². The van der Waals surface area contributed by atoms with E-state index < -0.39 is 11.7 Å². The summed E-state index contributed by atoms with van der Waals surface area (Å²) >= 11 is 0. The first-order chi connectivity index (χ1) is 16.8. The zero-order valence-electron chi connectivity index (χ0n) is 19.7. The minimum atomic E-state index is -0.796. The van der Waals surface area contributed by atoms with Crippen molar-refractivity contribution in [3.8, 4) is 22.6 Å². The summed E-state index contributed by atoms with van der Waals surface area (Å²) in [7, 11) is 2.05. The second-order valence-corrected chi connectivity index (χ2v) is 9.26. The average Bonchev–Trinajstić information content (AvgIpc) is 3.30. The predicted molar refractivity (Wildman–Crippen MR) is 126 cm³/mol. The summed E-state index contributed by atoms with van der Waals surface area (Å²) in [5, 5.41) is 0. The largest absolute Gasteiger partial charge is 0.368 e. The molecule has 2 aromatic heterocycles. The first-order valence-corrected chi connectivity index (χ1v) is 11.5. The highest BCUT2D eigenvalue weighted by atomic mass is 19.1. The number of benzene rings is 1. The van der Waals surface area contributed by atoms with Gasteiger partial charge in [-0.2, -0.15) is 0 Å². The lowest BCUT2D eigenvalue weighted by Gasteiger charge is -2.41. The van der Waals surface area contributed by atoms with Crippen LogP contribution in [-0.4, -0.2) is 82.1 Å². The van der Waals surface area contributed by atoms with Crippen LogP contribution in [-0.2, 0) is 14.3 Å². The number of H-pyrrole nitrogens is 1. The number of hydrogen-bond acceptors (Lipinski definition) is 8. The lowest BCUT2D eigenvalue weighted by atomic mass is 9.90. The van der Waals surface area contributed by atoms with Crippen LogP contribution < -0.4 is 5.73 Å². The average molecular weight is 482 g/mol. The van der Waals surface area contributed by atoms with Crippen molar-refractivity contribution < 1.29 is 18.7 Å². The Labute approximate surface area is 202 Å². The Kier molecular flexibility index (Phi) is 6.22. The monoisotopic (exact) mass is 481 g/mol. The third kappa shape index (κ3) is 4.75. The summed E-state index contributed by atoms with van der Waals surface area (Å²) in [5.41, 5.74) is 7.36. The number of carbonyl (C=O) groups excluding carboxylic acids is 1. The van der Waals surface area contributed by atoms with Crippen LogP contribution in [0.4, 0.5) is 10.3 Å². The van der Waals surface area contributed by atoms with Gasteiger partial charge in [-0.05, 0) is 44.3 Å². The van der Waals surface area contributed by atoms with Crippen molar-refractivity contribution >= 4 is 11.9 Å². The van der Waals surface area contributed by atoms with Gasteiger partial charge in [-0.1, -0.05) is 0 Å². The van der Waals surface area contributed by atoms with E-state index >= 15 is 0 Å². The number of nitrogens with zero attached hydrogens (tertiary/aromatic N) is 5. The molecule has 0 bridgehead atoms. The molecule has 0 saturated carbocycles. The molecule has 10 nitrogen and oxygen atoms in total. The highest BCUT2D eigenvalue weighted by Gasteiger charge is 2.43. The fourth-order valence-electron chi connectivity index (χ4n) is 4.30. The number of rotatable bonds is 4. The lowest BCUT2D eigenvalue weighted by molar-refractivity contribution is -0.234. The number of anilines is 1. The highest BCUT2D eigenvalue weighted by Crippen LogP contribution is 2.36. The van der Waals surface area contributed by atoms with E-state index in [4.69, 9.17) is 20.2 Å². The minimum absolute atomic E-state index is 0.0349. The maximum absolute atomic E-state index is 13.5. The van der Waals surface area contributed by atoms with E-state index in [2.05, 4.69) is 26.9 Å². The summed E-state index contributed by atoms with van der Waals surface area (Å²) in [4.78, 5) is 33.4. The lowest BCUT2D eigenvalue weighted by Crippen LogP contribution is -2.55. The van der Waals surface area contributed by atoms with E-state index in [1.165, 1.54) is 12.1 Å². The smallest absolute Gasteiger partial charge is 0.233 e. The number of nitrogens with two attached hydrogens (primary N) is 1. The predicted octanol–water partition coefficient (Wildman–Crippen LogP) is 2.08. The summed E-state index contributed by atoms with van der Waals surface area (Å²) in [6.07, 6.45) is 0.755. The molecule has 0 unspecified atom stereocenters. The molecule has 3 N–H and O–H groups in total. The number of likely N-dealkylation sites (N-methyl/N-ethyl adjacent to an activating group) is 1. The molecule has 1 amide bonds. The molecule has 2 fully saturated rings. The SMILES string of the molecule is CN1CCN(C(=O)C2(C)COC(c3nc(-c4ccc(F)cc4)c(-c4ccnc(N)n4)[nH]3)OC2)CC1. The normalized spacial score (nSPS) is 23.4. The molecule has 1 aromatic carbocycles. The quantitative estimate of drug-likeness (QED) is 0.581. The number of nitrogens with one attached hydrogen (secondary N) is 1. The van der Waals surface area contributed by atoms with Crippen molar-refractivity contribution in [3.05, 3.63) is 48.2 Å². The van der Waals surface area contributed by atoms with Gasteiger partial charge in [0.25, 0.3) is 0 Å². The van der Waals surface area contributed by atoms with Crippen LogP contribution in [0.1, 0.15) is 19.0 Å². The van der Waals surface area contributed by atoms with Gasteiger partial charge < -0.3 is 30.0 Å². The van der Waals surface area contributed by atoms with Gasteiger partial charge in [0.1, 0.15) is 5.82 Å². The van der Waals surface area contributed by atoms with Gasteiger partial charge in [-0.3, -0.25) is 4.79 Å². The van der Waals surface area contributed by atoms with Crippen molar-refractivity contribution in [2.24, 2.45) is 5.41 Å². The molecule has 2 saturated heterocycles. The maximum atomic E-state index is 13.5. The molecule has 3 aromatic rings. The van der Waals surface area contributed by atoms with Gasteiger partial charge in [-0.25, -0.2) is 19.3 Å². The summed E-state index contributed by atoms with van der Waals surface area (Å²) in [6, 6.07) is 7.71. The molecule has 0 spiro atoms. The number of carbonyl (C=O) groups is 1. The minimum Gasteiger partial charge on any atom is -0.368 e. The van der Waals surface area contributed by atoms with E-state index in [-0.39, 0.29) is 30.9 Å². The summed E-state index contributed by atoms with van der Waals surface area (Å²) < 4.78 is 25.5. The maximum Gasteiger partial charge on any atom is 0.233 e. The van der Waals surface area contributed by atoms with Gasteiger partial charge in [0.05, 0.1) is 35.7 Å². The van der Waals surface area contributed by atoms with Crippen LogP contribution in [0, 0.1) is 11.2 Å². The number of ether oxygens (including phenoxy) is 2. The van der Waals surface area contributed by atoms with Crippen LogP contribution in [0.25, 0.3) is 22.6 Å². The Morgan fingerprint density at radius 3 is 2.46 bits per heavy atom. The van der Waals surface area contributed by atoms with E-state index in [1.54, 1.807) is 24.4 Å². The molecule has 35 heavy (non-hydrogen) atoms. The zero-order chi connectivity index (χ0) is 24.6. The topological polar surface area (TPSA) is 122 Å². The molecule has 2 aliphatic rings. The first kappa shape index (κ1) is 23.3. The molecule has 11 heteroatoms. The third-order valence-electron chi connectivity index (χ3n) is 6.41. The van der Waals surface area contributed by atoms with E-state index in [9.17, 15) is 9.18 Å². The Morgan fingerprint density at radius 2 is 1.80 bits per heavy atom. The van der Waals surface area contributed by atoms with Gasteiger partial charge >= 0.3 is 0 Å². The van der Waals surface area contributed by atoms with Crippen LogP contribution >= 0.6 is 0 Å². The molecular weight excluding hydrogens is 453 g/mol. The number of halogens is 1. The van der Waals surface area contributed by atoms with Crippen LogP contribution in [0.5, 0.6) is 0 Å². The molecule has 0 radical (unpaired) electrons. The van der Waals surface area contributed by atoms with Gasteiger partial charge in [-0.15, -0.1) is 0 Å². The molecular formula is C24H28FN7O3. The molecule has 0 atom stereocenters. The van der Waals surface area contributed by atoms with Gasteiger partial charge in [0, 0.05) is 37.9 Å². The Hall–Kier alpha value is -3.41. The Bertz CT molecular complexity index is 1200. The van der Waals surface area contributed by atoms with E-state index in [0.717, 1.165) is 13.1 Å². The van der Waals surface area contributed by atoms with Gasteiger partial charge in [0.2, 0.25) is 18.1 Å². The number of amides is 1. The number of piperazine rings is 1. The van der Waals surface area contributed by atoms with Crippen LogP contribution in [0.3, 0.4) is 0 Å². The standard InChI is InChI=1S/C24H28FN7O3/c1-24(22(33)32-11-9-31(2)10-12-32)13-34-21(35-14-24)20-29-18(15-3-5-16(25)6-4-15)19(30-20)17-7-8-27-23(26)28-17/h3-8,21H,9-14H2,1-2H3,(H,29,30)(H2,26,27,28). The molecule has 184 valence electrons. The highest BCUT2D eigenvalue weighted by molar-refractivity contribution is 5.83. The number of imidazole rings is 1. The third-order valence-corrected chi connectivity index (χ3v) is 6.41. The molecule has 2 aliphatic heterocycles. The second kappa shape index (κ2) is 9.33. The second-order valence-electron chi connectivity index (χ2n) is 9.26. The van der Waals surface area contributed by atoms with Crippen molar-refractivity contribution in [1.29, 1.82) is 0 Å². The van der Waals surface area contributed by atoms with Gasteiger partial charge in [0.15, 0.2) is 5.82 Å². The van der Waals surface area contributed by atoms with E-state index in [1.807, 2.05) is 11.8 Å². The number of nitrogen functional groups attached to an aromatic ring is 1. The summed E-state index contributed by atoms with van der Waals surface area (Å²) in [5.74, 6) is 0.228. The van der Waals surface area contributed by atoms with Crippen molar-refractivity contribution in [3.63, 3.8) is 0 Å². The Morgan fingerprint density at radius 1 is 1.11 bits per heavy atom. The van der Waals surface area contributed by atoms with Crippen molar-refractivity contribution in [1.82, 2.24) is 29.7 Å². The molecule has 0 aliphatic carbocycles. The van der Waals surface area contributed by atoms with Crippen molar-refractivity contribution in [2.45, 2.75) is 13.2 Å².